The lowest BCUT2D eigenvalue weighted by atomic mass is 10.0. The van der Waals surface area contributed by atoms with E-state index in [0.717, 1.165) is 22.8 Å². The summed E-state index contributed by atoms with van der Waals surface area (Å²) < 4.78 is 54.8. The summed E-state index contributed by atoms with van der Waals surface area (Å²) in [4.78, 5) is 11.1. The first-order chi connectivity index (χ1) is 15.9. The van der Waals surface area contributed by atoms with E-state index in [-0.39, 0.29) is 15.4 Å². The van der Waals surface area contributed by atoms with Crippen molar-refractivity contribution >= 4 is 31.6 Å². The fourth-order valence-electron chi connectivity index (χ4n) is 3.23. The predicted molar refractivity (Wildman–Crippen MR) is 130 cm³/mol. The Labute approximate surface area is 200 Å². The quantitative estimate of drug-likeness (QED) is 0.466. The second kappa shape index (κ2) is 9.92. The van der Waals surface area contributed by atoms with Crippen LogP contribution in [0, 0.1) is 20.8 Å². The van der Waals surface area contributed by atoms with Crippen LogP contribution < -0.4 is 0 Å². The third-order valence-electron chi connectivity index (χ3n) is 5.19. The molecule has 0 saturated carbocycles. The Balaban J connectivity index is 2.21. The van der Waals surface area contributed by atoms with Gasteiger partial charge in [-0.3, -0.25) is 0 Å². The second-order valence-corrected chi connectivity index (χ2v) is 11.9. The van der Waals surface area contributed by atoms with Gasteiger partial charge >= 0.3 is 5.97 Å². The number of carboxylic acid groups (broad SMARTS) is 1. The van der Waals surface area contributed by atoms with Crippen LogP contribution in [-0.2, 0) is 24.8 Å². The lowest BCUT2D eigenvalue weighted by Gasteiger charge is -2.24. The molecule has 1 N–H and O–H groups in total. The molecule has 0 aromatic heterocycles. The van der Waals surface area contributed by atoms with Crippen LogP contribution in [0.1, 0.15) is 22.3 Å². The van der Waals surface area contributed by atoms with E-state index in [1.54, 1.807) is 62.4 Å². The molecule has 0 unspecified atom stereocenters. The number of nitrogens with zero attached hydrogens (tertiary/aromatic N) is 1. The van der Waals surface area contributed by atoms with Crippen molar-refractivity contribution < 1.29 is 26.7 Å². The van der Waals surface area contributed by atoms with Gasteiger partial charge in [-0.15, -0.1) is 0 Å². The highest BCUT2D eigenvalue weighted by atomic mass is 32.3. The summed E-state index contributed by atoms with van der Waals surface area (Å²) in [6.07, 6.45) is 0.826. The summed E-state index contributed by atoms with van der Waals surface area (Å²) in [5.74, 6) is -1.32. The van der Waals surface area contributed by atoms with Gasteiger partial charge in [-0.05, 0) is 56.2 Å². The van der Waals surface area contributed by atoms with Gasteiger partial charge in [-0.2, -0.15) is 0 Å². The first-order valence-electron chi connectivity index (χ1n) is 10.3. The van der Waals surface area contributed by atoms with Crippen LogP contribution in [0.15, 0.2) is 88.7 Å². The standard InChI is InChI=1S/C25H25NO6S2/c1-18-4-10-21(11-5-18)22(16-25(27)28)17-26(33(29,30)23-12-6-19(2)7-13-23)34(31,32)24-14-8-20(3)9-15-24/h4-16H,17H2,1-3H3,(H,27,28)/b22-16+. The second-order valence-electron chi connectivity index (χ2n) is 7.94. The number of hydrogen-bond acceptors (Lipinski definition) is 5. The van der Waals surface area contributed by atoms with Gasteiger partial charge in [0, 0.05) is 6.08 Å². The maximum Gasteiger partial charge on any atom is 0.328 e. The number of aliphatic carboxylic acids is 1. The molecule has 0 fully saturated rings. The lowest BCUT2D eigenvalue weighted by molar-refractivity contribution is -0.131. The Morgan fingerprint density at radius 1 is 0.706 bits per heavy atom. The fraction of sp³-hybridized carbons (Fsp3) is 0.160. The summed E-state index contributed by atoms with van der Waals surface area (Å²) in [5.41, 5.74) is 2.95. The van der Waals surface area contributed by atoms with Crippen molar-refractivity contribution in [2.24, 2.45) is 0 Å². The Bertz CT molecular complexity index is 1350. The molecule has 7 nitrogen and oxygen atoms in total. The normalized spacial score (nSPS) is 12.6. The van der Waals surface area contributed by atoms with Crippen LogP contribution in [0.4, 0.5) is 0 Å². The smallest absolute Gasteiger partial charge is 0.328 e. The highest BCUT2D eigenvalue weighted by Gasteiger charge is 2.37. The average molecular weight is 500 g/mol. The summed E-state index contributed by atoms with van der Waals surface area (Å²) >= 11 is 0. The van der Waals surface area contributed by atoms with Crippen molar-refractivity contribution in [1.29, 1.82) is 0 Å². The van der Waals surface area contributed by atoms with E-state index in [1.807, 2.05) is 6.92 Å². The molecule has 3 aromatic carbocycles. The van der Waals surface area contributed by atoms with Gasteiger partial charge in [0.2, 0.25) is 0 Å². The molecular weight excluding hydrogens is 474 g/mol. The maximum absolute atomic E-state index is 13.6. The minimum Gasteiger partial charge on any atom is -0.478 e. The molecule has 3 aromatic rings. The fourth-order valence-corrected chi connectivity index (χ4v) is 6.83. The average Bonchev–Trinajstić information content (AvgIpc) is 2.77. The van der Waals surface area contributed by atoms with Crippen molar-refractivity contribution in [3.8, 4) is 0 Å². The van der Waals surface area contributed by atoms with Crippen LogP contribution in [0.2, 0.25) is 0 Å². The van der Waals surface area contributed by atoms with Gasteiger partial charge in [-0.25, -0.2) is 21.6 Å². The van der Waals surface area contributed by atoms with E-state index in [0.29, 0.717) is 9.27 Å². The topological polar surface area (TPSA) is 109 Å². The molecule has 9 heteroatoms. The molecule has 3 rings (SSSR count). The summed E-state index contributed by atoms with van der Waals surface area (Å²) in [5, 5.41) is 9.42. The van der Waals surface area contributed by atoms with E-state index in [2.05, 4.69) is 0 Å². The summed E-state index contributed by atoms with van der Waals surface area (Å²) in [6.45, 7) is 4.72. The van der Waals surface area contributed by atoms with E-state index in [9.17, 15) is 26.7 Å². The third kappa shape index (κ3) is 5.61. The monoisotopic (exact) mass is 499 g/mol. The van der Waals surface area contributed by atoms with Crippen LogP contribution in [0.3, 0.4) is 0 Å². The number of carboxylic acids is 1. The molecule has 0 saturated heterocycles. The highest BCUT2D eigenvalue weighted by Crippen LogP contribution is 2.28. The molecule has 0 atom stereocenters. The molecule has 0 amide bonds. The SMILES string of the molecule is Cc1ccc(/C(=C/C(=O)O)CN(S(=O)(=O)c2ccc(C)cc2)S(=O)(=O)c2ccc(C)cc2)cc1. The molecule has 0 spiro atoms. The van der Waals surface area contributed by atoms with E-state index < -0.39 is 32.6 Å². The van der Waals surface area contributed by atoms with Crippen molar-refractivity contribution in [2.45, 2.75) is 30.6 Å². The molecule has 0 aliphatic heterocycles. The summed E-state index contributed by atoms with van der Waals surface area (Å²) in [7, 11) is -9.14. The van der Waals surface area contributed by atoms with Gasteiger partial charge < -0.3 is 5.11 Å². The lowest BCUT2D eigenvalue weighted by Crippen LogP contribution is -2.38. The minimum absolute atomic E-state index is 0.0267. The number of sulfonamides is 2. The Hall–Kier alpha value is -3.27. The van der Waals surface area contributed by atoms with E-state index in [1.165, 1.54) is 24.3 Å². The van der Waals surface area contributed by atoms with Crippen LogP contribution in [0.25, 0.3) is 5.57 Å². The van der Waals surface area contributed by atoms with Gasteiger partial charge in [0.25, 0.3) is 20.0 Å². The Kier molecular flexibility index (Phi) is 7.40. The molecule has 0 bridgehead atoms. The number of carbonyl (C=O) groups is 1. The molecule has 0 heterocycles. The van der Waals surface area contributed by atoms with E-state index in [4.69, 9.17) is 0 Å². The zero-order valence-electron chi connectivity index (χ0n) is 19.0. The molecule has 0 aliphatic rings. The van der Waals surface area contributed by atoms with E-state index >= 15 is 0 Å². The van der Waals surface area contributed by atoms with Crippen molar-refractivity contribution in [3.63, 3.8) is 0 Å². The Morgan fingerprint density at radius 3 is 1.41 bits per heavy atom. The van der Waals surface area contributed by atoms with Crippen molar-refractivity contribution in [2.75, 3.05) is 6.54 Å². The summed E-state index contributed by atoms with van der Waals surface area (Å²) in [6, 6.07) is 18.3. The van der Waals surface area contributed by atoms with Crippen LogP contribution in [-0.4, -0.2) is 38.2 Å². The van der Waals surface area contributed by atoms with Gasteiger partial charge in [0.15, 0.2) is 0 Å². The van der Waals surface area contributed by atoms with Gasteiger partial charge in [0.1, 0.15) is 0 Å². The molecule has 178 valence electrons. The molecule has 0 radical (unpaired) electrons. The molecule has 34 heavy (non-hydrogen) atoms. The predicted octanol–water partition coefficient (Wildman–Crippen LogP) is 4.16. The van der Waals surface area contributed by atoms with Gasteiger partial charge in [-0.1, -0.05) is 68.9 Å². The zero-order valence-corrected chi connectivity index (χ0v) is 20.6. The maximum atomic E-state index is 13.6. The van der Waals surface area contributed by atoms with Crippen LogP contribution >= 0.6 is 0 Å². The first-order valence-corrected chi connectivity index (χ1v) is 13.2. The largest absolute Gasteiger partial charge is 0.478 e. The number of rotatable bonds is 8. The van der Waals surface area contributed by atoms with Crippen molar-refractivity contribution in [3.05, 3.63) is 101 Å². The minimum atomic E-state index is -4.57. The highest BCUT2D eigenvalue weighted by molar-refractivity contribution is 8.04. The van der Waals surface area contributed by atoms with Gasteiger partial charge in [0.05, 0.1) is 16.3 Å². The van der Waals surface area contributed by atoms with Crippen molar-refractivity contribution in [1.82, 2.24) is 3.71 Å². The third-order valence-corrected chi connectivity index (χ3v) is 9.44. The first kappa shape index (κ1) is 25.4. The number of hydrogen-bond donors (Lipinski definition) is 1. The Morgan fingerprint density at radius 2 is 1.06 bits per heavy atom. The van der Waals surface area contributed by atoms with Crippen LogP contribution in [0.5, 0.6) is 0 Å². The molecule has 0 aliphatic carbocycles. The zero-order chi connectivity index (χ0) is 25.1. The number of aryl methyl sites for hydroxylation is 3. The number of benzene rings is 3. The molecular formula is C25H25NO6S2.